The fraction of sp³-hybridized carbons (Fsp3) is 0.158. The fourth-order valence-corrected chi connectivity index (χ4v) is 3.53. The van der Waals surface area contributed by atoms with Crippen LogP contribution in [0, 0.1) is 0 Å². The van der Waals surface area contributed by atoms with Crippen molar-refractivity contribution < 1.29 is 9.53 Å². The second-order valence-corrected chi connectivity index (χ2v) is 7.10. The molecule has 0 spiro atoms. The third-order valence-corrected chi connectivity index (χ3v) is 4.76. The van der Waals surface area contributed by atoms with Gasteiger partial charge in [-0.05, 0) is 49.5 Å². The summed E-state index contributed by atoms with van der Waals surface area (Å²) in [5, 5.41) is 9.62. The highest BCUT2D eigenvalue weighted by Crippen LogP contribution is 2.35. The molecule has 0 saturated heterocycles. The fourth-order valence-electron chi connectivity index (χ4n) is 2.88. The number of nitrogens with one attached hydrogen (secondary N) is 3. The lowest BCUT2D eigenvalue weighted by Crippen LogP contribution is -2.45. The summed E-state index contributed by atoms with van der Waals surface area (Å²) in [7, 11) is 1.60. The maximum absolute atomic E-state index is 13.0. The number of para-hydroxylation sites is 1. The number of rotatable bonds is 4. The number of methoxy groups -OCH3 is 1. The summed E-state index contributed by atoms with van der Waals surface area (Å²) in [5.41, 5.74) is 2.81. The molecule has 26 heavy (non-hydrogen) atoms. The van der Waals surface area contributed by atoms with Crippen LogP contribution in [0.2, 0.25) is 0 Å². The largest absolute Gasteiger partial charge is 0.496 e. The van der Waals surface area contributed by atoms with E-state index in [1.54, 1.807) is 7.11 Å². The zero-order valence-corrected chi connectivity index (χ0v) is 16.7. The van der Waals surface area contributed by atoms with E-state index < -0.39 is 6.04 Å². The number of anilines is 1. The van der Waals surface area contributed by atoms with Crippen molar-refractivity contribution in [3.8, 4) is 5.75 Å². The summed E-state index contributed by atoms with van der Waals surface area (Å²) in [4.78, 5) is 13.0. The van der Waals surface area contributed by atoms with Crippen LogP contribution in [0.5, 0.6) is 5.75 Å². The van der Waals surface area contributed by atoms with E-state index in [9.17, 15) is 4.79 Å². The van der Waals surface area contributed by atoms with Crippen LogP contribution in [-0.2, 0) is 4.79 Å². The molecule has 0 saturated carbocycles. The van der Waals surface area contributed by atoms with Crippen molar-refractivity contribution in [2.24, 2.45) is 0 Å². The number of allylic oxidation sites excluding steroid dienone is 1. The van der Waals surface area contributed by atoms with Crippen molar-refractivity contribution in [1.29, 1.82) is 0 Å². The van der Waals surface area contributed by atoms with E-state index in [1.807, 2.05) is 55.5 Å². The standard InChI is InChI=1S/C19H18BrN3O2S/c1-11-16(18(24)22-13-6-4-3-5-7-13)17(23-19(26)21-11)14-10-12(20)8-9-15(14)25-2/h3-10,17H,1-2H3,(H,22,24)(H2,21,23,26). The average molecular weight is 432 g/mol. The molecule has 134 valence electrons. The lowest BCUT2D eigenvalue weighted by molar-refractivity contribution is -0.113. The highest BCUT2D eigenvalue weighted by molar-refractivity contribution is 9.10. The summed E-state index contributed by atoms with van der Waals surface area (Å²) in [5.74, 6) is 0.469. The average Bonchev–Trinajstić information content (AvgIpc) is 2.61. The van der Waals surface area contributed by atoms with Crippen LogP contribution in [0.25, 0.3) is 0 Å². The Morgan fingerprint density at radius 1 is 1.23 bits per heavy atom. The number of carbonyl (C=O) groups is 1. The summed E-state index contributed by atoms with van der Waals surface area (Å²) in [6.07, 6.45) is 0. The van der Waals surface area contributed by atoms with Gasteiger partial charge in [0.2, 0.25) is 0 Å². The molecule has 0 bridgehead atoms. The summed E-state index contributed by atoms with van der Waals surface area (Å²) in [6.45, 7) is 1.84. The lowest BCUT2D eigenvalue weighted by atomic mass is 9.94. The maximum Gasteiger partial charge on any atom is 0.255 e. The van der Waals surface area contributed by atoms with Crippen molar-refractivity contribution >= 4 is 44.9 Å². The van der Waals surface area contributed by atoms with Crippen LogP contribution in [0.15, 0.2) is 64.3 Å². The van der Waals surface area contributed by atoms with Gasteiger partial charge in [-0.25, -0.2) is 0 Å². The van der Waals surface area contributed by atoms with Crippen LogP contribution >= 0.6 is 28.1 Å². The zero-order valence-electron chi connectivity index (χ0n) is 14.3. The van der Waals surface area contributed by atoms with Crippen molar-refractivity contribution in [3.05, 3.63) is 69.8 Å². The Balaban J connectivity index is 2.02. The van der Waals surface area contributed by atoms with Gasteiger partial charge in [-0.2, -0.15) is 0 Å². The lowest BCUT2D eigenvalue weighted by Gasteiger charge is -2.31. The van der Waals surface area contributed by atoms with Gasteiger partial charge in [0.1, 0.15) is 5.75 Å². The van der Waals surface area contributed by atoms with Gasteiger partial charge < -0.3 is 20.7 Å². The Morgan fingerprint density at radius 2 is 1.96 bits per heavy atom. The van der Waals surface area contributed by atoms with Crippen LogP contribution in [-0.4, -0.2) is 18.1 Å². The number of ether oxygens (including phenoxy) is 1. The first-order valence-corrected chi connectivity index (χ1v) is 9.18. The Kier molecular flexibility index (Phi) is 5.58. The SMILES string of the molecule is COc1ccc(Br)cc1C1NC(=S)NC(C)=C1C(=O)Nc1ccccc1. The van der Waals surface area contributed by atoms with Crippen molar-refractivity contribution in [3.63, 3.8) is 0 Å². The van der Waals surface area contributed by atoms with Gasteiger partial charge in [0.05, 0.1) is 18.7 Å². The first kappa shape index (κ1) is 18.4. The molecule has 0 fully saturated rings. The zero-order chi connectivity index (χ0) is 18.7. The van der Waals surface area contributed by atoms with Gasteiger partial charge in [-0.1, -0.05) is 34.1 Å². The molecule has 0 radical (unpaired) electrons. The van der Waals surface area contributed by atoms with E-state index in [-0.39, 0.29) is 5.91 Å². The van der Waals surface area contributed by atoms with Crippen molar-refractivity contribution in [2.75, 3.05) is 12.4 Å². The number of amides is 1. The maximum atomic E-state index is 13.0. The third kappa shape index (κ3) is 3.89. The molecule has 1 amide bonds. The van der Waals surface area contributed by atoms with E-state index in [0.29, 0.717) is 22.1 Å². The van der Waals surface area contributed by atoms with Crippen LogP contribution < -0.4 is 20.7 Å². The van der Waals surface area contributed by atoms with E-state index in [2.05, 4.69) is 31.9 Å². The Hall–Kier alpha value is -2.38. The molecule has 3 rings (SSSR count). The predicted molar refractivity (Wildman–Crippen MR) is 110 cm³/mol. The van der Waals surface area contributed by atoms with Gasteiger partial charge in [0.15, 0.2) is 5.11 Å². The molecule has 1 heterocycles. The van der Waals surface area contributed by atoms with Crippen LogP contribution in [0.3, 0.4) is 0 Å². The quantitative estimate of drug-likeness (QED) is 0.640. The minimum absolute atomic E-state index is 0.205. The number of hydrogen-bond donors (Lipinski definition) is 3. The number of thiocarbonyl (C=S) groups is 1. The Morgan fingerprint density at radius 3 is 2.65 bits per heavy atom. The number of benzene rings is 2. The molecule has 5 nitrogen and oxygen atoms in total. The van der Waals surface area contributed by atoms with Crippen LogP contribution in [0.4, 0.5) is 5.69 Å². The molecular weight excluding hydrogens is 414 g/mol. The van der Waals surface area contributed by atoms with Gasteiger partial charge in [-0.3, -0.25) is 4.79 Å². The monoisotopic (exact) mass is 431 g/mol. The number of carbonyl (C=O) groups excluding carboxylic acids is 1. The highest BCUT2D eigenvalue weighted by Gasteiger charge is 2.32. The van der Waals surface area contributed by atoms with Crippen LogP contribution in [0.1, 0.15) is 18.5 Å². The molecule has 3 N–H and O–H groups in total. The second kappa shape index (κ2) is 7.88. The minimum Gasteiger partial charge on any atom is -0.496 e. The number of halogens is 1. The van der Waals surface area contributed by atoms with E-state index >= 15 is 0 Å². The molecule has 0 aromatic heterocycles. The van der Waals surface area contributed by atoms with E-state index in [0.717, 1.165) is 15.7 Å². The molecule has 1 aliphatic rings. The molecule has 0 aliphatic carbocycles. The van der Waals surface area contributed by atoms with Gasteiger partial charge in [0, 0.05) is 21.4 Å². The third-order valence-electron chi connectivity index (χ3n) is 4.05. The van der Waals surface area contributed by atoms with E-state index in [1.165, 1.54) is 0 Å². The summed E-state index contributed by atoms with van der Waals surface area (Å²) >= 11 is 8.79. The molecule has 1 unspecified atom stereocenters. The molecule has 2 aromatic carbocycles. The predicted octanol–water partition coefficient (Wildman–Crippen LogP) is 3.89. The van der Waals surface area contributed by atoms with Gasteiger partial charge >= 0.3 is 0 Å². The second-order valence-electron chi connectivity index (χ2n) is 5.78. The molecule has 1 aliphatic heterocycles. The molecule has 7 heteroatoms. The molecule has 2 aromatic rings. The number of hydrogen-bond acceptors (Lipinski definition) is 3. The topological polar surface area (TPSA) is 62.4 Å². The minimum atomic E-state index is -0.431. The van der Waals surface area contributed by atoms with Crippen molar-refractivity contribution in [2.45, 2.75) is 13.0 Å². The first-order valence-electron chi connectivity index (χ1n) is 7.97. The van der Waals surface area contributed by atoms with Gasteiger partial charge in [-0.15, -0.1) is 0 Å². The summed E-state index contributed by atoms with van der Waals surface area (Å²) < 4.78 is 6.38. The smallest absolute Gasteiger partial charge is 0.255 e. The molecular formula is C19H18BrN3O2S. The summed E-state index contributed by atoms with van der Waals surface area (Å²) in [6, 6.07) is 14.6. The molecule has 1 atom stereocenters. The Bertz CT molecular complexity index is 884. The first-order chi connectivity index (χ1) is 12.5. The Labute approximate surface area is 165 Å². The highest BCUT2D eigenvalue weighted by atomic mass is 79.9. The van der Waals surface area contributed by atoms with Gasteiger partial charge in [0.25, 0.3) is 5.91 Å². The van der Waals surface area contributed by atoms with Crippen molar-refractivity contribution in [1.82, 2.24) is 10.6 Å². The normalized spacial score (nSPS) is 16.6. The van der Waals surface area contributed by atoms with E-state index in [4.69, 9.17) is 17.0 Å².